The Morgan fingerprint density at radius 3 is 2.56 bits per heavy atom. The van der Waals surface area contributed by atoms with Crippen LogP contribution in [0.15, 0.2) is 12.1 Å². The highest BCUT2D eigenvalue weighted by Crippen LogP contribution is 2.52. The predicted octanol–water partition coefficient (Wildman–Crippen LogP) is 1.81. The van der Waals surface area contributed by atoms with Crippen LogP contribution in [-0.2, 0) is 0 Å². The summed E-state index contributed by atoms with van der Waals surface area (Å²) in [6.07, 6.45) is 0. The number of benzene rings is 1. The lowest BCUT2D eigenvalue weighted by Crippen LogP contribution is -1.71. The molecule has 0 amide bonds. The van der Waals surface area contributed by atoms with Crippen LogP contribution in [0.4, 0.5) is 4.39 Å². The van der Waals surface area contributed by atoms with Crippen molar-refractivity contribution in [2.45, 2.75) is 0 Å². The van der Waals surface area contributed by atoms with E-state index in [1.54, 1.807) is 13.2 Å². The lowest BCUT2D eigenvalue weighted by atomic mass is 10.5. The fraction of sp³-hybridized carbons (Fsp3) is 0.143. The second-order valence-corrected chi connectivity index (χ2v) is 2.00. The Labute approximate surface area is 52.1 Å². The Morgan fingerprint density at radius 1 is 1.44 bits per heavy atom. The van der Waals surface area contributed by atoms with E-state index in [1.165, 1.54) is 6.07 Å². The van der Waals surface area contributed by atoms with Crippen molar-refractivity contribution in [3.8, 4) is 16.9 Å². The van der Waals surface area contributed by atoms with Crippen molar-refractivity contribution in [1.29, 1.82) is 0 Å². The van der Waals surface area contributed by atoms with Crippen molar-refractivity contribution >= 4 is 0 Å². The van der Waals surface area contributed by atoms with Crippen LogP contribution in [0.1, 0.15) is 0 Å². The topological polar surface area (TPSA) is 9.23 Å². The highest BCUT2D eigenvalue weighted by molar-refractivity contribution is 5.95. The normalized spacial score (nSPS) is 11.3. The molecule has 0 radical (unpaired) electrons. The van der Waals surface area contributed by atoms with E-state index in [0.717, 1.165) is 11.3 Å². The highest BCUT2D eigenvalue weighted by atomic mass is 19.1. The minimum Gasteiger partial charge on any atom is -0.495 e. The van der Waals surface area contributed by atoms with Gasteiger partial charge in [-0.2, -0.15) is 0 Å². The quantitative estimate of drug-likeness (QED) is 0.563. The first-order valence-corrected chi connectivity index (χ1v) is 2.71. The number of methoxy groups -OCH3 is 1. The number of rotatable bonds is 1. The van der Waals surface area contributed by atoms with Gasteiger partial charge >= 0.3 is 0 Å². The van der Waals surface area contributed by atoms with Gasteiger partial charge in [-0.15, -0.1) is 0 Å². The zero-order valence-electron chi connectivity index (χ0n) is 4.94. The van der Waals surface area contributed by atoms with Gasteiger partial charge in [0.1, 0.15) is 11.6 Å². The summed E-state index contributed by atoms with van der Waals surface area (Å²) in [6.45, 7) is 0. The van der Waals surface area contributed by atoms with Gasteiger partial charge in [-0.3, -0.25) is 0 Å². The van der Waals surface area contributed by atoms with Crippen molar-refractivity contribution in [2.75, 3.05) is 7.11 Å². The molecule has 2 heteroatoms. The van der Waals surface area contributed by atoms with E-state index < -0.39 is 0 Å². The van der Waals surface area contributed by atoms with Gasteiger partial charge in [-0.25, -0.2) is 4.39 Å². The summed E-state index contributed by atoms with van der Waals surface area (Å²) in [5, 5.41) is 0. The molecule has 0 aromatic heterocycles. The predicted molar refractivity (Wildman–Crippen MR) is 31.9 cm³/mol. The van der Waals surface area contributed by atoms with Crippen LogP contribution in [0.25, 0.3) is 11.1 Å². The van der Waals surface area contributed by atoms with E-state index in [2.05, 4.69) is 0 Å². The van der Waals surface area contributed by atoms with Gasteiger partial charge < -0.3 is 4.74 Å². The summed E-state index contributed by atoms with van der Waals surface area (Å²) in [7, 11) is 1.55. The first kappa shape index (κ1) is 4.79. The van der Waals surface area contributed by atoms with Gasteiger partial charge in [-0.1, -0.05) is 0 Å². The van der Waals surface area contributed by atoms with Crippen molar-refractivity contribution in [3.05, 3.63) is 17.9 Å². The molecule has 0 saturated carbocycles. The van der Waals surface area contributed by atoms with E-state index in [4.69, 9.17) is 4.74 Å². The maximum atomic E-state index is 12.5. The van der Waals surface area contributed by atoms with Gasteiger partial charge in [0.25, 0.3) is 0 Å². The molecule has 2 rings (SSSR count). The van der Waals surface area contributed by atoms with E-state index in [0.29, 0.717) is 5.56 Å². The first-order chi connectivity index (χ1) is 4.34. The van der Waals surface area contributed by atoms with Crippen LogP contribution in [-0.4, -0.2) is 7.11 Å². The van der Waals surface area contributed by atoms with Crippen LogP contribution in [0.5, 0.6) is 5.75 Å². The number of fused-ring (bicyclic) bond motifs is 1. The first-order valence-electron chi connectivity index (χ1n) is 2.71. The average molecular weight is 124 g/mol. The number of halogens is 1. The molecule has 0 bridgehead atoms. The molecule has 0 saturated heterocycles. The average Bonchev–Trinajstić information content (AvgIpc) is 2.46. The summed E-state index contributed by atoms with van der Waals surface area (Å²) in [5.41, 5.74) is 1.59. The molecule has 0 spiro atoms. The fourth-order valence-corrected chi connectivity index (χ4v) is 1.03. The third-order valence-corrected chi connectivity index (χ3v) is 1.52. The van der Waals surface area contributed by atoms with E-state index in [9.17, 15) is 4.39 Å². The number of hydrogen-bond acceptors (Lipinski definition) is 1. The minimum absolute atomic E-state index is 0.165. The Kier molecular flexibility index (Phi) is 0.673. The molecular formula is C7H5FO. The number of hydrogen-bond donors (Lipinski definition) is 0. The largest absolute Gasteiger partial charge is 0.495 e. The van der Waals surface area contributed by atoms with Gasteiger partial charge in [0.2, 0.25) is 0 Å². The third-order valence-electron chi connectivity index (χ3n) is 1.52. The van der Waals surface area contributed by atoms with Crippen LogP contribution in [0, 0.1) is 5.82 Å². The molecule has 0 unspecified atom stereocenters. The van der Waals surface area contributed by atoms with Gasteiger partial charge in [0.05, 0.1) is 12.7 Å². The van der Waals surface area contributed by atoms with Gasteiger partial charge in [-0.05, 0) is 12.1 Å². The standard InChI is InChI=1S/C7H5FO/c1-9-7-4-2-3-5(8)6(4)7/h2-3H,1H3. The molecule has 2 aliphatic rings. The molecule has 0 aromatic carbocycles. The summed E-state index contributed by atoms with van der Waals surface area (Å²) in [4.78, 5) is 0. The SMILES string of the molecule is COc1c2ccc(F)c1-2. The lowest BCUT2D eigenvalue weighted by Gasteiger charge is -1.81. The number of ether oxygens (including phenoxy) is 1. The summed E-state index contributed by atoms with van der Waals surface area (Å²) < 4.78 is 17.3. The zero-order valence-corrected chi connectivity index (χ0v) is 4.94. The van der Waals surface area contributed by atoms with Crippen molar-refractivity contribution in [1.82, 2.24) is 0 Å². The molecular weight excluding hydrogens is 119 g/mol. The van der Waals surface area contributed by atoms with E-state index >= 15 is 0 Å². The highest BCUT2D eigenvalue weighted by Gasteiger charge is 2.29. The molecule has 0 heterocycles. The summed E-state index contributed by atoms with van der Waals surface area (Å²) in [6, 6.07) is 3.18. The van der Waals surface area contributed by atoms with Gasteiger partial charge in [0, 0.05) is 5.56 Å². The third kappa shape index (κ3) is 0.428. The summed E-state index contributed by atoms with van der Waals surface area (Å²) in [5.74, 6) is 0.553. The maximum absolute atomic E-state index is 12.5. The Hall–Kier alpha value is -1.05. The summed E-state index contributed by atoms with van der Waals surface area (Å²) >= 11 is 0. The van der Waals surface area contributed by atoms with Crippen LogP contribution in [0.2, 0.25) is 0 Å². The van der Waals surface area contributed by atoms with E-state index in [1.807, 2.05) is 0 Å². The van der Waals surface area contributed by atoms with E-state index in [-0.39, 0.29) is 5.82 Å². The minimum atomic E-state index is -0.165. The van der Waals surface area contributed by atoms with Gasteiger partial charge in [0.15, 0.2) is 0 Å². The lowest BCUT2D eigenvalue weighted by molar-refractivity contribution is 0.429. The Bertz CT molecular complexity index is 268. The monoisotopic (exact) mass is 124 g/mol. The zero-order chi connectivity index (χ0) is 6.43. The second kappa shape index (κ2) is 1.26. The molecule has 0 aliphatic heterocycles. The molecule has 0 atom stereocenters. The van der Waals surface area contributed by atoms with Crippen LogP contribution < -0.4 is 4.74 Å². The van der Waals surface area contributed by atoms with Crippen LogP contribution in [0.3, 0.4) is 0 Å². The molecule has 0 aromatic rings. The Morgan fingerprint density at radius 2 is 2.22 bits per heavy atom. The smallest absolute Gasteiger partial charge is 0.137 e. The van der Waals surface area contributed by atoms with Crippen molar-refractivity contribution < 1.29 is 9.13 Å². The van der Waals surface area contributed by atoms with Crippen LogP contribution >= 0.6 is 0 Å². The molecule has 0 N–H and O–H groups in total. The fourth-order valence-electron chi connectivity index (χ4n) is 1.03. The second-order valence-electron chi connectivity index (χ2n) is 2.00. The molecule has 9 heavy (non-hydrogen) atoms. The maximum Gasteiger partial charge on any atom is 0.137 e. The molecule has 46 valence electrons. The molecule has 0 fully saturated rings. The Balaban J connectivity index is 2.51. The van der Waals surface area contributed by atoms with Crippen molar-refractivity contribution in [2.24, 2.45) is 0 Å². The molecule has 1 nitrogen and oxygen atoms in total. The van der Waals surface area contributed by atoms with Crippen molar-refractivity contribution in [3.63, 3.8) is 0 Å². The molecule has 2 aliphatic carbocycles.